The van der Waals surface area contributed by atoms with Gasteiger partial charge >= 0.3 is 6.03 Å². The monoisotopic (exact) mass is 310 g/mol. The summed E-state index contributed by atoms with van der Waals surface area (Å²) in [5.41, 5.74) is 4.80. The molecule has 2 amide bonds. The number of aliphatic hydroxyl groups is 1. The Morgan fingerprint density at radius 3 is 2.43 bits per heavy atom. The highest BCUT2D eigenvalue weighted by atomic mass is 32.2. The number of aliphatic hydroxyl groups excluding tert-OH is 1. The summed E-state index contributed by atoms with van der Waals surface area (Å²) in [7, 11) is 0. The second kappa shape index (κ2) is 8.95. The Morgan fingerprint density at radius 2 is 1.90 bits per heavy atom. The molecule has 118 valence electrons. The van der Waals surface area contributed by atoms with Gasteiger partial charge in [0.15, 0.2) is 0 Å². The molecule has 1 aromatic carbocycles. The smallest absolute Gasteiger partial charge is 0.315 e. The summed E-state index contributed by atoms with van der Waals surface area (Å²) < 4.78 is 0. The second-order valence-electron chi connectivity index (χ2n) is 5.37. The van der Waals surface area contributed by atoms with Gasteiger partial charge in [0.05, 0.1) is 0 Å². The van der Waals surface area contributed by atoms with E-state index in [-0.39, 0.29) is 18.7 Å². The van der Waals surface area contributed by atoms with Crippen molar-refractivity contribution in [2.45, 2.75) is 39.8 Å². The lowest BCUT2D eigenvalue weighted by molar-refractivity contribution is 0.231. The molecule has 0 heterocycles. The quantitative estimate of drug-likeness (QED) is 0.725. The van der Waals surface area contributed by atoms with Crippen LogP contribution in [0.4, 0.5) is 4.79 Å². The summed E-state index contributed by atoms with van der Waals surface area (Å²) >= 11 is 1.66. The van der Waals surface area contributed by atoms with Crippen LogP contribution in [0.25, 0.3) is 0 Å². The highest BCUT2D eigenvalue weighted by Gasteiger charge is 2.12. The van der Waals surface area contributed by atoms with Crippen molar-refractivity contribution >= 4 is 17.8 Å². The van der Waals surface area contributed by atoms with Crippen molar-refractivity contribution in [3.05, 3.63) is 34.4 Å². The molecule has 0 aliphatic carbocycles. The van der Waals surface area contributed by atoms with E-state index in [0.717, 1.165) is 5.75 Å². The van der Waals surface area contributed by atoms with Crippen LogP contribution in [0.5, 0.6) is 0 Å². The van der Waals surface area contributed by atoms with E-state index in [0.29, 0.717) is 13.0 Å². The van der Waals surface area contributed by atoms with Gasteiger partial charge in [-0.05, 0) is 50.1 Å². The first kappa shape index (κ1) is 17.9. The molecule has 0 aromatic heterocycles. The molecule has 0 spiro atoms. The van der Waals surface area contributed by atoms with E-state index in [4.69, 9.17) is 5.11 Å². The lowest BCUT2D eigenvalue weighted by Gasteiger charge is -2.18. The molecule has 21 heavy (non-hydrogen) atoms. The number of benzene rings is 1. The molecule has 0 bridgehead atoms. The first-order valence-corrected chi connectivity index (χ1v) is 8.58. The number of rotatable bonds is 7. The van der Waals surface area contributed by atoms with E-state index in [1.54, 1.807) is 11.8 Å². The Bertz CT molecular complexity index is 448. The SMILES string of the molecule is CSCC(CCO)NC(=O)NCc1c(C)cc(C)cc1C. The lowest BCUT2D eigenvalue weighted by Crippen LogP contribution is -2.43. The number of nitrogens with one attached hydrogen (secondary N) is 2. The maximum absolute atomic E-state index is 12.0. The fourth-order valence-corrected chi connectivity index (χ4v) is 3.10. The minimum Gasteiger partial charge on any atom is -0.396 e. The van der Waals surface area contributed by atoms with Crippen LogP contribution in [0.1, 0.15) is 28.7 Å². The molecule has 0 saturated carbocycles. The number of carbonyl (C=O) groups is 1. The van der Waals surface area contributed by atoms with E-state index in [2.05, 4.69) is 43.5 Å². The Balaban J connectivity index is 2.56. The van der Waals surface area contributed by atoms with Gasteiger partial charge in [0.25, 0.3) is 0 Å². The van der Waals surface area contributed by atoms with Crippen molar-refractivity contribution < 1.29 is 9.90 Å². The first-order valence-electron chi connectivity index (χ1n) is 7.18. The summed E-state index contributed by atoms with van der Waals surface area (Å²) in [5, 5.41) is 14.8. The zero-order valence-corrected chi connectivity index (χ0v) is 14.1. The molecule has 5 heteroatoms. The molecule has 0 radical (unpaired) electrons. The number of urea groups is 1. The van der Waals surface area contributed by atoms with Crippen molar-refractivity contribution in [3.8, 4) is 0 Å². The van der Waals surface area contributed by atoms with E-state index in [9.17, 15) is 4.79 Å². The second-order valence-corrected chi connectivity index (χ2v) is 6.28. The van der Waals surface area contributed by atoms with Crippen molar-refractivity contribution in [2.24, 2.45) is 0 Å². The van der Waals surface area contributed by atoms with Gasteiger partial charge in [-0.2, -0.15) is 11.8 Å². The van der Waals surface area contributed by atoms with Gasteiger partial charge < -0.3 is 15.7 Å². The zero-order valence-electron chi connectivity index (χ0n) is 13.3. The van der Waals surface area contributed by atoms with Crippen LogP contribution >= 0.6 is 11.8 Å². The van der Waals surface area contributed by atoms with Crippen LogP contribution in [0.3, 0.4) is 0 Å². The topological polar surface area (TPSA) is 61.4 Å². The number of amides is 2. The molecule has 4 nitrogen and oxygen atoms in total. The number of carbonyl (C=O) groups excluding carboxylic acids is 1. The Hall–Kier alpha value is -1.20. The number of hydrogen-bond acceptors (Lipinski definition) is 3. The van der Waals surface area contributed by atoms with Crippen LogP contribution in [0.2, 0.25) is 0 Å². The van der Waals surface area contributed by atoms with Crippen LogP contribution in [-0.2, 0) is 6.54 Å². The lowest BCUT2D eigenvalue weighted by atomic mass is 10.00. The maximum Gasteiger partial charge on any atom is 0.315 e. The molecule has 3 N–H and O–H groups in total. The van der Waals surface area contributed by atoms with E-state index in [1.165, 1.54) is 22.3 Å². The Morgan fingerprint density at radius 1 is 1.29 bits per heavy atom. The maximum atomic E-state index is 12.0. The molecule has 1 unspecified atom stereocenters. The summed E-state index contributed by atoms with van der Waals surface area (Å²) in [6.45, 7) is 6.82. The van der Waals surface area contributed by atoms with Crippen LogP contribution in [0, 0.1) is 20.8 Å². The third-order valence-corrected chi connectivity index (χ3v) is 4.18. The summed E-state index contributed by atoms with van der Waals surface area (Å²) in [5.74, 6) is 0.802. The van der Waals surface area contributed by atoms with Gasteiger partial charge in [-0.1, -0.05) is 17.7 Å². The highest BCUT2D eigenvalue weighted by molar-refractivity contribution is 7.98. The van der Waals surface area contributed by atoms with Gasteiger partial charge in [-0.3, -0.25) is 0 Å². The number of aryl methyl sites for hydroxylation is 3. The Labute approximate surface area is 131 Å². The normalized spacial score (nSPS) is 12.0. The molecule has 0 aliphatic rings. The number of thioether (sulfide) groups is 1. The summed E-state index contributed by atoms with van der Waals surface area (Å²) in [6.07, 6.45) is 2.57. The molecular weight excluding hydrogens is 284 g/mol. The third-order valence-electron chi connectivity index (χ3n) is 3.45. The fourth-order valence-electron chi connectivity index (χ4n) is 2.45. The van der Waals surface area contributed by atoms with Gasteiger partial charge in [0, 0.05) is 24.9 Å². The molecule has 0 fully saturated rings. The van der Waals surface area contributed by atoms with Gasteiger partial charge in [-0.15, -0.1) is 0 Å². The van der Waals surface area contributed by atoms with Crippen molar-refractivity contribution in [1.29, 1.82) is 0 Å². The minimum absolute atomic E-state index is 0.00483. The largest absolute Gasteiger partial charge is 0.396 e. The van der Waals surface area contributed by atoms with Gasteiger partial charge in [0.2, 0.25) is 0 Å². The average molecular weight is 310 g/mol. The molecule has 0 aliphatic heterocycles. The summed E-state index contributed by atoms with van der Waals surface area (Å²) in [6, 6.07) is 4.08. The highest BCUT2D eigenvalue weighted by Crippen LogP contribution is 2.16. The van der Waals surface area contributed by atoms with Crippen LogP contribution < -0.4 is 10.6 Å². The first-order chi connectivity index (χ1) is 9.97. The van der Waals surface area contributed by atoms with Gasteiger partial charge in [0.1, 0.15) is 0 Å². The predicted molar refractivity (Wildman–Crippen MR) is 89.9 cm³/mol. The van der Waals surface area contributed by atoms with Crippen molar-refractivity contribution in [3.63, 3.8) is 0 Å². The van der Waals surface area contributed by atoms with E-state index >= 15 is 0 Å². The van der Waals surface area contributed by atoms with Crippen molar-refractivity contribution in [1.82, 2.24) is 10.6 Å². The zero-order chi connectivity index (χ0) is 15.8. The van der Waals surface area contributed by atoms with E-state index < -0.39 is 0 Å². The minimum atomic E-state index is -0.179. The number of hydrogen-bond donors (Lipinski definition) is 3. The van der Waals surface area contributed by atoms with Gasteiger partial charge in [-0.25, -0.2) is 4.79 Å². The Kier molecular flexibility index (Phi) is 7.61. The molecule has 1 rings (SSSR count). The molecular formula is C16H26N2O2S. The summed E-state index contributed by atoms with van der Waals surface area (Å²) in [4.78, 5) is 12.0. The molecule has 1 aromatic rings. The average Bonchev–Trinajstić information content (AvgIpc) is 2.37. The third kappa shape index (κ3) is 5.98. The van der Waals surface area contributed by atoms with Crippen LogP contribution in [-0.4, -0.2) is 35.8 Å². The van der Waals surface area contributed by atoms with Crippen molar-refractivity contribution in [2.75, 3.05) is 18.6 Å². The van der Waals surface area contributed by atoms with E-state index in [1.807, 2.05) is 6.26 Å². The fraction of sp³-hybridized carbons (Fsp3) is 0.562. The van der Waals surface area contributed by atoms with Crippen LogP contribution in [0.15, 0.2) is 12.1 Å². The predicted octanol–water partition coefficient (Wildman–Crippen LogP) is 2.53. The molecule has 0 saturated heterocycles. The standard InChI is InChI=1S/C16H26N2O2S/c1-11-7-12(2)15(13(3)8-11)9-17-16(20)18-14(5-6-19)10-21-4/h7-8,14,19H,5-6,9-10H2,1-4H3,(H2,17,18,20). The molecule has 1 atom stereocenters.